The number of likely N-dealkylation sites (N-methyl/N-ethyl adjacent to an activating group) is 1. The standard InChI is InChI=1S/C25H44N2O2/c1-17-9-11-20-19(18(17)7-6-8-23(29)27-16-15-26-5)10-12-21-24(2,3)22(28)13-14-25(20,21)4/h19-22,26,28H,6-16H2,1-5H3,(H,27,29)/t19?,20?,21?,22-,25+/m0/s1. The predicted octanol–water partition coefficient (Wildman–Crippen LogP) is 4.43. The fraction of sp³-hybridized carbons (Fsp3) is 0.880. The molecule has 0 aromatic rings. The van der Waals surface area contributed by atoms with Gasteiger partial charge in [0, 0.05) is 19.5 Å². The van der Waals surface area contributed by atoms with E-state index in [0.29, 0.717) is 30.2 Å². The Balaban J connectivity index is 1.66. The number of aliphatic hydroxyl groups excluding tert-OH is 1. The zero-order valence-electron chi connectivity index (χ0n) is 19.4. The van der Waals surface area contributed by atoms with Crippen LogP contribution in [0.25, 0.3) is 0 Å². The molecule has 4 nitrogen and oxygen atoms in total. The molecule has 0 aromatic heterocycles. The zero-order chi connectivity index (χ0) is 21.2. The summed E-state index contributed by atoms with van der Waals surface area (Å²) in [6.07, 6.45) is 9.68. The van der Waals surface area contributed by atoms with Crippen molar-refractivity contribution in [2.75, 3.05) is 20.1 Å². The summed E-state index contributed by atoms with van der Waals surface area (Å²) in [6.45, 7) is 11.0. The lowest BCUT2D eigenvalue weighted by Gasteiger charge is -2.62. The SMILES string of the molecule is CNCCNC(=O)CCCC1=C(C)CCC2C1CCC1C(C)(C)[C@@H](O)CC[C@]21C. The highest BCUT2D eigenvalue weighted by Gasteiger charge is 2.57. The van der Waals surface area contributed by atoms with E-state index in [-0.39, 0.29) is 17.4 Å². The largest absolute Gasteiger partial charge is 0.393 e. The van der Waals surface area contributed by atoms with Gasteiger partial charge >= 0.3 is 0 Å². The van der Waals surface area contributed by atoms with Crippen molar-refractivity contribution in [2.24, 2.45) is 28.6 Å². The van der Waals surface area contributed by atoms with E-state index in [1.807, 2.05) is 7.05 Å². The molecular weight excluding hydrogens is 360 g/mol. The molecule has 0 aromatic carbocycles. The van der Waals surface area contributed by atoms with Crippen molar-refractivity contribution in [1.82, 2.24) is 10.6 Å². The monoisotopic (exact) mass is 404 g/mol. The Morgan fingerprint density at radius 3 is 2.62 bits per heavy atom. The predicted molar refractivity (Wildman–Crippen MR) is 120 cm³/mol. The number of amides is 1. The molecule has 0 saturated heterocycles. The van der Waals surface area contributed by atoms with Gasteiger partial charge in [-0.25, -0.2) is 0 Å². The zero-order valence-corrected chi connectivity index (χ0v) is 19.4. The molecule has 3 rings (SSSR count). The highest BCUT2D eigenvalue weighted by Crippen LogP contribution is 2.64. The normalized spacial score (nSPS) is 36.3. The van der Waals surface area contributed by atoms with Crippen LogP contribution >= 0.6 is 0 Å². The molecule has 29 heavy (non-hydrogen) atoms. The lowest BCUT2D eigenvalue weighted by molar-refractivity contribution is -0.149. The first kappa shape index (κ1) is 22.8. The quantitative estimate of drug-likeness (QED) is 0.434. The third kappa shape index (κ3) is 4.44. The van der Waals surface area contributed by atoms with Gasteiger partial charge in [-0.3, -0.25) is 4.79 Å². The maximum atomic E-state index is 12.1. The maximum absolute atomic E-state index is 12.1. The van der Waals surface area contributed by atoms with Gasteiger partial charge in [0.25, 0.3) is 0 Å². The molecule has 3 aliphatic carbocycles. The van der Waals surface area contributed by atoms with Crippen molar-refractivity contribution in [3.63, 3.8) is 0 Å². The van der Waals surface area contributed by atoms with E-state index >= 15 is 0 Å². The van der Waals surface area contributed by atoms with Crippen LogP contribution in [0.3, 0.4) is 0 Å². The summed E-state index contributed by atoms with van der Waals surface area (Å²) in [5.41, 5.74) is 3.65. The van der Waals surface area contributed by atoms with Crippen LogP contribution in [0.4, 0.5) is 0 Å². The van der Waals surface area contributed by atoms with Crippen molar-refractivity contribution >= 4 is 5.91 Å². The van der Waals surface area contributed by atoms with Gasteiger partial charge in [-0.1, -0.05) is 31.9 Å². The fourth-order valence-electron chi connectivity index (χ4n) is 7.28. The molecule has 0 aliphatic heterocycles. The summed E-state index contributed by atoms with van der Waals surface area (Å²) in [4.78, 5) is 12.1. The Kier molecular flexibility index (Phi) is 7.15. The van der Waals surface area contributed by atoms with Gasteiger partial charge in [-0.15, -0.1) is 0 Å². The van der Waals surface area contributed by atoms with E-state index in [1.54, 1.807) is 11.1 Å². The molecule has 0 heterocycles. The number of rotatable bonds is 7. The minimum atomic E-state index is -0.154. The molecule has 5 atom stereocenters. The van der Waals surface area contributed by atoms with Gasteiger partial charge in [0.2, 0.25) is 5.91 Å². The van der Waals surface area contributed by atoms with Crippen LogP contribution in [0.15, 0.2) is 11.1 Å². The van der Waals surface area contributed by atoms with Crippen LogP contribution in [0, 0.1) is 28.6 Å². The van der Waals surface area contributed by atoms with Gasteiger partial charge in [-0.2, -0.15) is 0 Å². The number of allylic oxidation sites excluding steroid dienone is 2. The molecule has 1 amide bonds. The average Bonchev–Trinajstić information content (AvgIpc) is 2.67. The molecule has 166 valence electrons. The summed E-state index contributed by atoms with van der Waals surface area (Å²) in [6, 6.07) is 0. The number of fused-ring (bicyclic) bond motifs is 3. The van der Waals surface area contributed by atoms with E-state index in [2.05, 4.69) is 38.3 Å². The smallest absolute Gasteiger partial charge is 0.220 e. The Morgan fingerprint density at radius 2 is 1.90 bits per heavy atom. The Labute approximate surface area is 178 Å². The number of carbonyl (C=O) groups is 1. The summed E-state index contributed by atoms with van der Waals surface area (Å²) in [7, 11) is 1.91. The van der Waals surface area contributed by atoms with E-state index in [1.165, 1.54) is 32.1 Å². The third-order valence-electron chi connectivity index (χ3n) is 8.98. The average molecular weight is 405 g/mol. The van der Waals surface area contributed by atoms with Crippen molar-refractivity contribution in [1.29, 1.82) is 0 Å². The van der Waals surface area contributed by atoms with Crippen molar-refractivity contribution in [3.05, 3.63) is 11.1 Å². The first-order valence-electron chi connectivity index (χ1n) is 12.0. The Bertz CT molecular complexity index is 626. The topological polar surface area (TPSA) is 61.4 Å². The van der Waals surface area contributed by atoms with Crippen molar-refractivity contribution in [3.8, 4) is 0 Å². The minimum absolute atomic E-state index is 0.0276. The molecule has 0 radical (unpaired) electrons. The molecule has 3 aliphatic rings. The molecule has 2 saturated carbocycles. The third-order valence-corrected chi connectivity index (χ3v) is 8.98. The number of aliphatic hydroxyl groups is 1. The van der Waals surface area contributed by atoms with Gasteiger partial charge in [0.1, 0.15) is 0 Å². The molecule has 0 bridgehead atoms. The summed E-state index contributed by atoms with van der Waals surface area (Å²) < 4.78 is 0. The Hall–Kier alpha value is -0.870. The number of carbonyl (C=O) groups excluding carboxylic acids is 1. The number of hydrogen-bond acceptors (Lipinski definition) is 3. The Morgan fingerprint density at radius 1 is 1.14 bits per heavy atom. The summed E-state index contributed by atoms with van der Waals surface area (Å²) >= 11 is 0. The second-order valence-electron chi connectivity index (χ2n) is 10.9. The van der Waals surface area contributed by atoms with Gasteiger partial charge in [-0.05, 0) is 93.9 Å². The lowest BCUT2D eigenvalue weighted by atomic mass is 9.43. The van der Waals surface area contributed by atoms with E-state index in [0.717, 1.165) is 31.7 Å². The fourth-order valence-corrected chi connectivity index (χ4v) is 7.28. The van der Waals surface area contributed by atoms with Gasteiger partial charge in [0.05, 0.1) is 6.10 Å². The van der Waals surface area contributed by atoms with E-state index in [4.69, 9.17) is 0 Å². The number of hydrogen-bond donors (Lipinski definition) is 3. The van der Waals surface area contributed by atoms with Crippen LogP contribution in [0.5, 0.6) is 0 Å². The summed E-state index contributed by atoms with van der Waals surface area (Å²) in [5, 5.41) is 16.7. The van der Waals surface area contributed by atoms with Crippen LogP contribution < -0.4 is 10.6 Å². The minimum Gasteiger partial charge on any atom is -0.393 e. The van der Waals surface area contributed by atoms with Crippen molar-refractivity contribution in [2.45, 2.75) is 91.6 Å². The first-order valence-corrected chi connectivity index (χ1v) is 12.0. The molecule has 4 heteroatoms. The molecule has 3 N–H and O–H groups in total. The highest BCUT2D eigenvalue weighted by atomic mass is 16.3. The molecule has 0 spiro atoms. The van der Waals surface area contributed by atoms with Crippen LogP contribution in [-0.4, -0.2) is 37.3 Å². The lowest BCUT2D eigenvalue weighted by Crippen LogP contribution is -2.56. The summed E-state index contributed by atoms with van der Waals surface area (Å²) in [5.74, 6) is 2.25. The molecular formula is C25H44N2O2. The maximum Gasteiger partial charge on any atom is 0.220 e. The van der Waals surface area contributed by atoms with Crippen LogP contribution in [0.2, 0.25) is 0 Å². The van der Waals surface area contributed by atoms with Gasteiger partial charge < -0.3 is 15.7 Å². The van der Waals surface area contributed by atoms with Crippen LogP contribution in [-0.2, 0) is 4.79 Å². The van der Waals surface area contributed by atoms with Gasteiger partial charge in [0.15, 0.2) is 0 Å². The van der Waals surface area contributed by atoms with E-state index < -0.39 is 0 Å². The highest BCUT2D eigenvalue weighted by molar-refractivity contribution is 5.75. The molecule has 2 fully saturated rings. The second kappa shape index (κ2) is 9.09. The van der Waals surface area contributed by atoms with Crippen LogP contribution in [0.1, 0.15) is 85.5 Å². The number of nitrogens with one attached hydrogen (secondary N) is 2. The molecule has 3 unspecified atom stereocenters. The first-order chi connectivity index (χ1) is 13.7. The second-order valence-corrected chi connectivity index (χ2v) is 10.9. The van der Waals surface area contributed by atoms with E-state index in [9.17, 15) is 9.90 Å². The van der Waals surface area contributed by atoms with Crippen molar-refractivity contribution < 1.29 is 9.90 Å².